The van der Waals surface area contributed by atoms with E-state index in [9.17, 15) is 4.79 Å². The molecule has 0 unspecified atom stereocenters. The quantitative estimate of drug-likeness (QED) is 0.559. The van der Waals surface area contributed by atoms with Crippen molar-refractivity contribution in [1.29, 1.82) is 0 Å². The molecule has 0 bridgehead atoms. The number of nitrogens with zero attached hydrogens (tertiary/aromatic N) is 2. The minimum absolute atomic E-state index is 0.0372. The van der Waals surface area contributed by atoms with Gasteiger partial charge in [0, 0.05) is 17.7 Å². The SMILES string of the molecule is COc1cc(OC)cc(-c2nnc(SCC(=O)N[C@H](C)CCCC(C)C)o2)c1. The molecule has 0 aliphatic heterocycles. The minimum atomic E-state index is -0.0372. The summed E-state index contributed by atoms with van der Waals surface area (Å²) in [5.41, 5.74) is 0.693. The summed E-state index contributed by atoms with van der Waals surface area (Å²) in [6, 6.07) is 5.50. The van der Waals surface area contributed by atoms with Gasteiger partial charge < -0.3 is 19.2 Å². The number of hydrogen-bond donors (Lipinski definition) is 1. The summed E-state index contributed by atoms with van der Waals surface area (Å²) >= 11 is 1.22. The van der Waals surface area contributed by atoms with Crippen LogP contribution in [0, 0.1) is 5.92 Å². The second kappa shape index (κ2) is 10.9. The Balaban J connectivity index is 1.87. The van der Waals surface area contributed by atoms with Gasteiger partial charge in [0.2, 0.25) is 11.8 Å². The van der Waals surface area contributed by atoms with Gasteiger partial charge in [-0.05, 0) is 31.4 Å². The molecule has 154 valence electrons. The van der Waals surface area contributed by atoms with E-state index in [1.807, 2.05) is 6.92 Å². The van der Waals surface area contributed by atoms with Gasteiger partial charge in [-0.25, -0.2) is 0 Å². The number of amides is 1. The number of carbonyl (C=O) groups is 1. The molecule has 0 saturated carbocycles. The number of benzene rings is 1. The molecule has 2 rings (SSSR count). The molecule has 28 heavy (non-hydrogen) atoms. The maximum Gasteiger partial charge on any atom is 0.277 e. The first kappa shape index (κ1) is 22.1. The van der Waals surface area contributed by atoms with Crippen molar-refractivity contribution in [2.45, 2.75) is 51.3 Å². The van der Waals surface area contributed by atoms with E-state index in [1.54, 1.807) is 32.4 Å². The average Bonchev–Trinajstić information content (AvgIpc) is 3.14. The molecule has 1 atom stereocenters. The molecule has 1 heterocycles. The smallest absolute Gasteiger partial charge is 0.277 e. The first-order valence-electron chi connectivity index (χ1n) is 9.40. The molecule has 0 radical (unpaired) electrons. The molecule has 1 amide bonds. The van der Waals surface area contributed by atoms with Gasteiger partial charge in [-0.2, -0.15) is 0 Å². The Morgan fingerprint density at radius 3 is 2.39 bits per heavy atom. The van der Waals surface area contributed by atoms with Crippen molar-refractivity contribution in [3.05, 3.63) is 18.2 Å². The Labute approximate surface area is 170 Å². The average molecular weight is 408 g/mol. The maximum absolute atomic E-state index is 12.1. The predicted octanol–water partition coefficient (Wildman–Crippen LogP) is 4.18. The van der Waals surface area contributed by atoms with E-state index in [2.05, 4.69) is 29.4 Å². The number of aromatic nitrogens is 2. The third-order valence-electron chi connectivity index (χ3n) is 4.16. The van der Waals surface area contributed by atoms with E-state index < -0.39 is 0 Å². The minimum Gasteiger partial charge on any atom is -0.497 e. The topological polar surface area (TPSA) is 86.5 Å². The second-order valence-electron chi connectivity index (χ2n) is 7.06. The fourth-order valence-corrected chi connectivity index (χ4v) is 3.24. The molecule has 8 heteroatoms. The Bertz CT molecular complexity index is 741. The predicted molar refractivity (Wildman–Crippen MR) is 110 cm³/mol. The standard InChI is InChI=1S/C20H29N3O4S/c1-13(2)7-6-8-14(3)21-18(24)12-28-20-23-22-19(27-20)15-9-16(25-4)11-17(10-15)26-5/h9-11,13-14H,6-8,12H2,1-5H3,(H,21,24)/t14-/m1/s1. The lowest BCUT2D eigenvalue weighted by molar-refractivity contribution is -0.119. The van der Waals surface area contributed by atoms with Gasteiger partial charge >= 0.3 is 0 Å². The zero-order valence-electron chi connectivity index (χ0n) is 17.2. The Hall–Kier alpha value is -2.22. The van der Waals surface area contributed by atoms with Crippen LogP contribution in [0.3, 0.4) is 0 Å². The van der Waals surface area contributed by atoms with Crippen LogP contribution in [0.2, 0.25) is 0 Å². The lowest BCUT2D eigenvalue weighted by Crippen LogP contribution is -2.33. The molecule has 0 spiro atoms. The van der Waals surface area contributed by atoms with Gasteiger partial charge in [0.15, 0.2) is 0 Å². The highest BCUT2D eigenvalue weighted by molar-refractivity contribution is 7.99. The van der Waals surface area contributed by atoms with Gasteiger partial charge in [-0.3, -0.25) is 4.79 Å². The molecule has 2 aromatic rings. The van der Waals surface area contributed by atoms with Gasteiger partial charge in [-0.1, -0.05) is 38.5 Å². The van der Waals surface area contributed by atoms with E-state index in [1.165, 1.54) is 18.2 Å². The lowest BCUT2D eigenvalue weighted by Gasteiger charge is -2.14. The van der Waals surface area contributed by atoms with E-state index in [0.29, 0.717) is 34.1 Å². The van der Waals surface area contributed by atoms with Gasteiger partial charge in [0.25, 0.3) is 5.22 Å². The summed E-state index contributed by atoms with van der Waals surface area (Å²) in [4.78, 5) is 12.1. The third kappa shape index (κ3) is 7.07. The molecule has 1 N–H and O–H groups in total. The summed E-state index contributed by atoms with van der Waals surface area (Å²) in [6.07, 6.45) is 3.27. The summed E-state index contributed by atoms with van der Waals surface area (Å²) in [5, 5.41) is 11.4. The summed E-state index contributed by atoms with van der Waals surface area (Å²) < 4.78 is 16.2. The molecule has 0 aliphatic rings. The largest absolute Gasteiger partial charge is 0.497 e. The van der Waals surface area contributed by atoms with E-state index in [-0.39, 0.29) is 17.7 Å². The van der Waals surface area contributed by atoms with E-state index in [0.717, 1.165) is 12.8 Å². The molecule has 0 saturated heterocycles. The number of ether oxygens (including phenoxy) is 2. The van der Waals surface area contributed by atoms with Crippen LogP contribution in [-0.2, 0) is 4.79 Å². The number of carbonyl (C=O) groups excluding carboxylic acids is 1. The summed E-state index contributed by atoms with van der Waals surface area (Å²) in [7, 11) is 3.16. The van der Waals surface area contributed by atoms with Crippen molar-refractivity contribution < 1.29 is 18.7 Å². The zero-order chi connectivity index (χ0) is 20.5. The molecule has 0 fully saturated rings. The van der Waals surface area contributed by atoms with Crippen molar-refractivity contribution >= 4 is 17.7 Å². The fraction of sp³-hybridized carbons (Fsp3) is 0.550. The Morgan fingerprint density at radius 2 is 1.79 bits per heavy atom. The molecule has 1 aromatic carbocycles. The second-order valence-corrected chi connectivity index (χ2v) is 7.98. The van der Waals surface area contributed by atoms with Crippen LogP contribution in [0.1, 0.15) is 40.0 Å². The van der Waals surface area contributed by atoms with Crippen molar-refractivity contribution in [1.82, 2.24) is 15.5 Å². The number of hydrogen-bond acceptors (Lipinski definition) is 7. The van der Waals surface area contributed by atoms with Crippen LogP contribution in [0.15, 0.2) is 27.8 Å². The molecule has 0 aliphatic carbocycles. The third-order valence-corrected chi connectivity index (χ3v) is 4.98. The number of thioether (sulfide) groups is 1. The molecular weight excluding hydrogens is 378 g/mol. The van der Waals surface area contributed by atoms with E-state index >= 15 is 0 Å². The van der Waals surface area contributed by atoms with Gasteiger partial charge in [0.05, 0.1) is 20.0 Å². The lowest BCUT2D eigenvalue weighted by atomic mass is 10.0. The fourth-order valence-electron chi connectivity index (χ4n) is 2.66. The zero-order valence-corrected chi connectivity index (χ0v) is 18.0. The Morgan fingerprint density at radius 1 is 1.11 bits per heavy atom. The molecule has 7 nitrogen and oxygen atoms in total. The normalized spacial score (nSPS) is 12.1. The summed E-state index contributed by atoms with van der Waals surface area (Å²) in [5.74, 6) is 2.50. The highest BCUT2D eigenvalue weighted by Gasteiger charge is 2.14. The van der Waals surface area contributed by atoms with Crippen LogP contribution < -0.4 is 14.8 Å². The molecule has 1 aromatic heterocycles. The van der Waals surface area contributed by atoms with Crippen molar-refractivity contribution in [3.8, 4) is 23.0 Å². The van der Waals surface area contributed by atoms with Gasteiger partial charge in [-0.15, -0.1) is 10.2 Å². The van der Waals surface area contributed by atoms with Crippen molar-refractivity contribution in [3.63, 3.8) is 0 Å². The van der Waals surface area contributed by atoms with Crippen LogP contribution >= 0.6 is 11.8 Å². The first-order chi connectivity index (χ1) is 13.4. The maximum atomic E-state index is 12.1. The van der Waals surface area contributed by atoms with Crippen LogP contribution in [-0.4, -0.2) is 42.1 Å². The van der Waals surface area contributed by atoms with E-state index in [4.69, 9.17) is 13.9 Å². The number of rotatable bonds is 11. The number of nitrogens with one attached hydrogen (secondary N) is 1. The van der Waals surface area contributed by atoms with Crippen molar-refractivity contribution in [2.24, 2.45) is 5.92 Å². The van der Waals surface area contributed by atoms with Gasteiger partial charge in [0.1, 0.15) is 11.5 Å². The molecular formula is C20H29N3O4S. The monoisotopic (exact) mass is 407 g/mol. The van der Waals surface area contributed by atoms with Crippen LogP contribution in [0.4, 0.5) is 0 Å². The number of methoxy groups -OCH3 is 2. The summed E-state index contributed by atoms with van der Waals surface area (Å²) in [6.45, 7) is 6.45. The first-order valence-corrected chi connectivity index (χ1v) is 10.4. The van der Waals surface area contributed by atoms with Crippen molar-refractivity contribution in [2.75, 3.05) is 20.0 Å². The highest BCUT2D eigenvalue weighted by atomic mass is 32.2. The van der Waals surface area contributed by atoms with Crippen LogP contribution in [0.5, 0.6) is 11.5 Å². The van der Waals surface area contributed by atoms with Crippen LogP contribution in [0.25, 0.3) is 11.5 Å². The highest BCUT2D eigenvalue weighted by Crippen LogP contribution is 2.30. The Kier molecular flexibility index (Phi) is 8.63.